The zero-order valence-corrected chi connectivity index (χ0v) is 10.2. The molecule has 0 aliphatic carbocycles. The molecule has 1 heterocycles. The van der Waals surface area contributed by atoms with Crippen LogP contribution in [0.3, 0.4) is 0 Å². The van der Waals surface area contributed by atoms with Gasteiger partial charge in [0.25, 0.3) is 0 Å². The van der Waals surface area contributed by atoms with Crippen LogP contribution in [0.4, 0.5) is 4.39 Å². The molecule has 0 fully saturated rings. The summed E-state index contributed by atoms with van der Waals surface area (Å²) >= 11 is 5.99. The van der Waals surface area contributed by atoms with Gasteiger partial charge in [-0.25, -0.2) is 4.39 Å². The maximum absolute atomic E-state index is 13.1. The molecule has 0 saturated heterocycles. The third kappa shape index (κ3) is 2.51. The van der Waals surface area contributed by atoms with Gasteiger partial charge in [-0.3, -0.25) is 0 Å². The number of furan rings is 1. The predicted octanol–water partition coefficient (Wildman–Crippen LogP) is 3.68. The second-order valence-corrected chi connectivity index (χ2v) is 4.21. The normalized spacial score (nSPS) is 12.7. The highest BCUT2D eigenvalue weighted by molar-refractivity contribution is 6.31. The van der Waals surface area contributed by atoms with Crippen LogP contribution in [-0.4, -0.2) is 0 Å². The molecule has 2 nitrogen and oxygen atoms in total. The van der Waals surface area contributed by atoms with E-state index in [1.165, 1.54) is 18.2 Å². The fourth-order valence-corrected chi connectivity index (χ4v) is 1.89. The Balaban J connectivity index is 2.35. The third-order valence-corrected chi connectivity index (χ3v) is 2.97. The van der Waals surface area contributed by atoms with Gasteiger partial charge in [-0.2, -0.15) is 0 Å². The number of aryl methyl sites for hydroxylation is 1. The Hall–Kier alpha value is -1.32. The molecule has 1 atom stereocenters. The molecule has 4 heteroatoms. The van der Waals surface area contributed by atoms with E-state index in [1.54, 1.807) is 6.07 Å². The monoisotopic (exact) mass is 253 g/mol. The molecule has 1 aromatic carbocycles. The highest BCUT2D eigenvalue weighted by Crippen LogP contribution is 2.28. The Morgan fingerprint density at radius 2 is 2.12 bits per heavy atom. The molecule has 0 radical (unpaired) electrons. The first-order chi connectivity index (χ1) is 8.11. The van der Waals surface area contributed by atoms with Crippen LogP contribution in [0.15, 0.2) is 34.7 Å². The zero-order chi connectivity index (χ0) is 12.4. The summed E-state index contributed by atoms with van der Waals surface area (Å²) in [6.45, 7) is 1.99. The lowest BCUT2D eigenvalue weighted by Gasteiger charge is -2.11. The average Bonchev–Trinajstić information content (AvgIpc) is 2.80. The summed E-state index contributed by atoms with van der Waals surface area (Å²) < 4.78 is 18.7. The number of rotatable bonds is 3. The first-order valence-corrected chi connectivity index (χ1v) is 5.78. The summed E-state index contributed by atoms with van der Waals surface area (Å²) in [4.78, 5) is 0. The highest BCUT2D eigenvalue weighted by Gasteiger charge is 2.16. The van der Waals surface area contributed by atoms with Crippen molar-refractivity contribution in [1.29, 1.82) is 0 Å². The van der Waals surface area contributed by atoms with Gasteiger partial charge in [0.05, 0.1) is 6.04 Å². The number of benzene rings is 1. The Morgan fingerprint density at radius 3 is 2.76 bits per heavy atom. The molecule has 17 heavy (non-hydrogen) atoms. The fraction of sp³-hybridized carbons (Fsp3) is 0.231. The minimum Gasteiger partial charge on any atom is -0.464 e. The quantitative estimate of drug-likeness (QED) is 0.906. The molecule has 90 valence electrons. The van der Waals surface area contributed by atoms with Crippen molar-refractivity contribution in [1.82, 2.24) is 0 Å². The second kappa shape index (κ2) is 4.90. The smallest absolute Gasteiger partial charge is 0.125 e. The van der Waals surface area contributed by atoms with E-state index < -0.39 is 6.04 Å². The molecule has 0 aliphatic rings. The summed E-state index contributed by atoms with van der Waals surface area (Å²) in [5.74, 6) is 1.08. The van der Waals surface area contributed by atoms with Crippen LogP contribution in [0.2, 0.25) is 5.02 Å². The molecule has 0 spiro atoms. The average molecular weight is 254 g/mol. The van der Waals surface area contributed by atoms with E-state index in [2.05, 4.69) is 0 Å². The molecule has 2 N–H and O–H groups in total. The molecule has 0 amide bonds. The van der Waals surface area contributed by atoms with Crippen LogP contribution in [0.5, 0.6) is 0 Å². The van der Waals surface area contributed by atoms with Crippen LogP contribution >= 0.6 is 11.6 Å². The summed E-state index contributed by atoms with van der Waals surface area (Å²) in [5, 5.41) is 0.438. The Morgan fingerprint density at radius 1 is 1.35 bits per heavy atom. The van der Waals surface area contributed by atoms with Gasteiger partial charge in [0.15, 0.2) is 0 Å². The molecule has 0 saturated carbocycles. The van der Waals surface area contributed by atoms with E-state index in [0.29, 0.717) is 16.3 Å². The maximum Gasteiger partial charge on any atom is 0.125 e. The molecule has 0 aliphatic heterocycles. The zero-order valence-electron chi connectivity index (χ0n) is 9.41. The summed E-state index contributed by atoms with van der Waals surface area (Å²) in [5.41, 5.74) is 6.54. The fourth-order valence-electron chi connectivity index (χ4n) is 1.66. The number of nitrogens with two attached hydrogens (primary N) is 1. The predicted molar refractivity (Wildman–Crippen MR) is 65.5 cm³/mol. The van der Waals surface area contributed by atoms with Crippen molar-refractivity contribution < 1.29 is 8.81 Å². The van der Waals surface area contributed by atoms with Crippen molar-refractivity contribution in [3.05, 3.63) is 58.3 Å². The van der Waals surface area contributed by atoms with Gasteiger partial charge < -0.3 is 10.2 Å². The lowest BCUT2D eigenvalue weighted by Crippen LogP contribution is -2.11. The van der Waals surface area contributed by atoms with Gasteiger partial charge in [0.1, 0.15) is 17.3 Å². The van der Waals surface area contributed by atoms with E-state index in [1.807, 2.05) is 13.0 Å². The Kier molecular flexibility index (Phi) is 3.50. The SMILES string of the molecule is CCc1ccc(C(N)c2cc(F)ccc2Cl)o1. The third-order valence-electron chi connectivity index (χ3n) is 2.63. The molecular weight excluding hydrogens is 241 g/mol. The maximum atomic E-state index is 13.1. The van der Waals surface area contributed by atoms with Gasteiger partial charge in [-0.1, -0.05) is 18.5 Å². The van der Waals surface area contributed by atoms with Crippen LogP contribution in [-0.2, 0) is 6.42 Å². The number of halogens is 2. The molecule has 0 bridgehead atoms. The van der Waals surface area contributed by atoms with Gasteiger partial charge in [-0.05, 0) is 35.9 Å². The summed E-state index contributed by atoms with van der Waals surface area (Å²) in [7, 11) is 0. The van der Waals surface area contributed by atoms with Crippen LogP contribution < -0.4 is 5.73 Å². The van der Waals surface area contributed by atoms with Crippen molar-refractivity contribution in [2.75, 3.05) is 0 Å². The van der Waals surface area contributed by atoms with Crippen molar-refractivity contribution >= 4 is 11.6 Å². The van der Waals surface area contributed by atoms with Gasteiger partial charge in [-0.15, -0.1) is 0 Å². The minimum atomic E-state index is -0.543. The second-order valence-electron chi connectivity index (χ2n) is 3.80. The first-order valence-electron chi connectivity index (χ1n) is 5.41. The Labute approximate surface area is 104 Å². The van der Waals surface area contributed by atoms with Crippen molar-refractivity contribution in [2.24, 2.45) is 5.73 Å². The minimum absolute atomic E-state index is 0.359. The Bertz CT molecular complexity index is 524. The molecule has 1 aromatic heterocycles. The largest absolute Gasteiger partial charge is 0.464 e. The van der Waals surface area contributed by atoms with E-state index >= 15 is 0 Å². The molecule has 2 aromatic rings. The van der Waals surface area contributed by atoms with Crippen molar-refractivity contribution in [3.8, 4) is 0 Å². The van der Waals surface area contributed by atoms with Crippen molar-refractivity contribution in [3.63, 3.8) is 0 Å². The van der Waals surface area contributed by atoms with Crippen LogP contribution in [0.25, 0.3) is 0 Å². The van der Waals surface area contributed by atoms with Crippen LogP contribution in [0, 0.1) is 5.82 Å². The van der Waals surface area contributed by atoms with E-state index in [9.17, 15) is 4.39 Å². The van der Waals surface area contributed by atoms with Gasteiger partial charge >= 0.3 is 0 Å². The standard InChI is InChI=1S/C13H13ClFNO/c1-2-9-4-6-12(17-9)13(16)10-7-8(15)3-5-11(10)14/h3-7,13H,2,16H2,1H3. The molecule has 1 unspecified atom stereocenters. The summed E-state index contributed by atoms with van der Waals surface area (Å²) in [6.07, 6.45) is 0.795. The number of hydrogen-bond acceptors (Lipinski definition) is 2. The highest BCUT2D eigenvalue weighted by atomic mass is 35.5. The topological polar surface area (TPSA) is 39.2 Å². The van der Waals surface area contributed by atoms with E-state index in [-0.39, 0.29) is 5.82 Å². The lowest BCUT2D eigenvalue weighted by atomic mass is 10.1. The van der Waals surface area contributed by atoms with Gasteiger partial charge in [0, 0.05) is 11.4 Å². The van der Waals surface area contributed by atoms with E-state index in [0.717, 1.165) is 12.2 Å². The van der Waals surface area contributed by atoms with E-state index in [4.69, 9.17) is 21.8 Å². The molecular formula is C13H13ClFNO. The first kappa shape index (κ1) is 12.1. The van der Waals surface area contributed by atoms with Crippen LogP contribution in [0.1, 0.15) is 30.0 Å². The van der Waals surface area contributed by atoms with Gasteiger partial charge in [0.2, 0.25) is 0 Å². The lowest BCUT2D eigenvalue weighted by molar-refractivity contribution is 0.453. The van der Waals surface area contributed by atoms with Crippen molar-refractivity contribution in [2.45, 2.75) is 19.4 Å². The molecule has 2 rings (SSSR count). The number of hydrogen-bond donors (Lipinski definition) is 1. The summed E-state index contributed by atoms with van der Waals surface area (Å²) in [6, 6.07) is 7.25.